The van der Waals surface area contributed by atoms with E-state index in [4.69, 9.17) is 28.3 Å². The van der Waals surface area contributed by atoms with E-state index < -0.39 is 21.6 Å². The SMILES string of the molecule is O=C(O)CS(=O)(=O)c1cc(Cl)c(S)cc1Cl. The van der Waals surface area contributed by atoms with Crippen LogP contribution in [0.2, 0.25) is 10.0 Å². The lowest BCUT2D eigenvalue weighted by atomic mass is 10.3. The number of carboxylic acids is 1. The highest BCUT2D eigenvalue weighted by Gasteiger charge is 2.22. The molecule has 0 bridgehead atoms. The molecule has 8 heteroatoms. The van der Waals surface area contributed by atoms with Crippen LogP contribution in [-0.4, -0.2) is 25.2 Å². The van der Waals surface area contributed by atoms with Gasteiger partial charge in [-0.15, -0.1) is 12.6 Å². The van der Waals surface area contributed by atoms with Crippen molar-refractivity contribution in [3.63, 3.8) is 0 Å². The van der Waals surface area contributed by atoms with Crippen LogP contribution >= 0.6 is 35.8 Å². The Kier molecular flexibility index (Phi) is 4.12. The van der Waals surface area contributed by atoms with E-state index in [1.54, 1.807) is 0 Å². The molecule has 0 heterocycles. The number of carboxylic acid groups (broad SMARTS) is 1. The van der Waals surface area contributed by atoms with Crippen LogP contribution in [0.1, 0.15) is 0 Å². The minimum Gasteiger partial charge on any atom is -0.480 e. The average molecular weight is 301 g/mol. The zero-order chi connectivity index (χ0) is 12.5. The molecule has 0 saturated heterocycles. The first-order valence-corrected chi connectivity index (χ1v) is 6.72. The third kappa shape index (κ3) is 3.04. The summed E-state index contributed by atoms with van der Waals surface area (Å²) in [5.74, 6) is -2.49. The highest BCUT2D eigenvalue weighted by molar-refractivity contribution is 7.92. The maximum atomic E-state index is 11.6. The van der Waals surface area contributed by atoms with Crippen LogP contribution in [0.15, 0.2) is 21.9 Å². The zero-order valence-electron chi connectivity index (χ0n) is 7.65. The normalized spacial score (nSPS) is 11.4. The van der Waals surface area contributed by atoms with Gasteiger partial charge in [-0.25, -0.2) is 8.42 Å². The summed E-state index contributed by atoms with van der Waals surface area (Å²) in [6, 6.07) is 2.34. The second kappa shape index (κ2) is 4.83. The van der Waals surface area contributed by atoms with E-state index in [1.165, 1.54) is 6.07 Å². The predicted octanol–water partition coefficient (Wildman–Crippen LogP) is 2.14. The monoisotopic (exact) mass is 300 g/mol. The second-order valence-corrected chi connectivity index (χ2v) is 6.14. The van der Waals surface area contributed by atoms with E-state index in [-0.39, 0.29) is 14.9 Å². The number of thiol groups is 1. The first kappa shape index (κ1) is 13.6. The molecular formula is C8H6Cl2O4S2. The van der Waals surface area contributed by atoms with Gasteiger partial charge >= 0.3 is 5.97 Å². The van der Waals surface area contributed by atoms with Crippen molar-refractivity contribution < 1.29 is 18.3 Å². The molecule has 0 aliphatic rings. The van der Waals surface area contributed by atoms with Crippen LogP contribution in [0, 0.1) is 0 Å². The molecule has 1 aromatic rings. The number of hydrogen-bond acceptors (Lipinski definition) is 4. The van der Waals surface area contributed by atoms with Crippen LogP contribution in [0.3, 0.4) is 0 Å². The van der Waals surface area contributed by atoms with E-state index in [9.17, 15) is 13.2 Å². The lowest BCUT2D eigenvalue weighted by molar-refractivity contribution is -0.134. The van der Waals surface area contributed by atoms with Gasteiger partial charge in [0, 0.05) is 4.90 Å². The molecule has 16 heavy (non-hydrogen) atoms. The molecule has 1 aromatic carbocycles. The van der Waals surface area contributed by atoms with E-state index in [0.29, 0.717) is 4.90 Å². The van der Waals surface area contributed by atoms with Crippen molar-refractivity contribution in [3.05, 3.63) is 22.2 Å². The predicted molar refractivity (Wildman–Crippen MR) is 63.4 cm³/mol. The first-order chi connectivity index (χ1) is 7.24. The first-order valence-electron chi connectivity index (χ1n) is 3.86. The number of hydrogen-bond donors (Lipinski definition) is 2. The van der Waals surface area contributed by atoms with Crippen molar-refractivity contribution in [2.45, 2.75) is 9.79 Å². The van der Waals surface area contributed by atoms with Gasteiger partial charge in [0.15, 0.2) is 15.6 Å². The van der Waals surface area contributed by atoms with Crippen LogP contribution in [0.4, 0.5) is 0 Å². The Labute approximate surface area is 108 Å². The summed E-state index contributed by atoms with van der Waals surface area (Å²) in [6.07, 6.45) is 0. The molecule has 0 aromatic heterocycles. The number of carbonyl (C=O) groups is 1. The molecule has 0 radical (unpaired) electrons. The standard InChI is InChI=1S/C8H6Cl2O4S2/c9-4-2-7(5(10)1-6(4)15)16(13,14)3-8(11)12/h1-2,15H,3H2,(H,11,12). The Bertz CT molecular complexity index is 539. The lowest BCUT2D eigenvalue weighted by Gasteiger charge is -2.06. The summed E-state index contributed by atoms with van der Waals surface area (Å²) in [5.41, 5.74) is 0. The fraction of sp³-hybridized carbons (Fsp3) is 0.125. The molecule has 0 atom stereocenters. The van der Waals surface area contributed by atoms with Crippen LogP contribution < -0.4 is 0 Å². The number of benzene rings is 1. The van der Waals surface area contributed by atoms with Crippen molar-refractivity contribution in [1.29, 1.82) is 0 Å². The number of aliphatic carboxylic acids is 1. The van der Waals surface area contributed by atoms with Crippen molar-refractivity contribution in [2.24, 2.45) is 0 Å². The van der Waals surface area contributed by atoms with Gasteiger partial charge in [-0.05, 0) is 12.1 Å². The van der Waals surface area contributed by atoms with Gasteiger partial charge in [0.25, 0.3) is 0 Å². The summed E-state index contributed by atoms with van der Waals surface area (Å²) in [5, 5.41) is 8.45. The van der Waals surface area contributed by atoms with Crippen LogP contribution in [0.25, 0.3) is 0 Å². The number of rotatable bonds is 3. The van der Waals surface area contributed by atoms with Crippen molar-refractivity contribution in [2.75, 3.05) is 5.75 Å². The molecule has 0 unspecified atom stereocenters. The van der Waals surface area contributed by atoms with Gasteiger partial charge in [0.2, 0.25) is 0 Å². The van der Waals surface area contributed by atoms with Gasteiger partial charge < -0.3 is 5.11 Å². The molecule has 1 N–H and O–H groups in total. The maximum Gasteiger partial charge on any atom is 0.319 e. The molecule has 0 aliphatic heterocycles. The lowest BCUT2D eigenvalue weighted by Crippen LogP contribution is -2.15. The molecule has 0 spiro atoms. The minimum atomic E-state index is -3.98. The molecule has 0 amide bonds. The summed E-state index contributed by atoms with van der Waals surface area (Å²) in [6.45, 7) is 0. The molecule has 0 saturated carbocycles. The van der Waals surface area contributed by atoms with E-state index in [2.05, 4.69) is 12.6 Å². The number of halogens is 2. The Hall–Kier alpha value is -0.430. The Balaban J connectivity index is 3.34. The van der Waals surface area contributed by atoms with Crippen molar-refractivity contribution in [3.8, 4) is 0 Å². The van der Waals surface area contributed by atoms with E-state index in [0.717, 1.165) is 6.07 Å². The molecular weight excluding hydrogens is 295 g/mol. The van der Waals surface area contributed by atoms with Gasteiger partial charge in [-0.2, -0.15) is 0 Å². The third-order valence-electron chi connectivity index (χ3n) is 1.65. The van der Waals surface area contributed by atoms with E-state index >= 15 is 0 Å². The maximum absolute atomic E-state index is 11.6. The van der Waals surface area contributed by atoms with Gasteiger partial charge in [-0.3, -0.25) is 4.79 Å². The van der Waals surface area contributed by atoms with Gasteiger partial charge in [0.1, 0.15) is 0 Å². The largest absolute Gasteiger partial charge is 0.480 e. The fourth-order valence-electron chi connectivity index (χ4n) is 0.997. The van der Waals surface area contributed by atoms with Gasteiger partial charge in [-0.1, -0.05) is 23.2 Å². The smallest absolute Gasteiger partial charge is 0.319 e. The third-order valence-corrected chi connectivity index (χ3v) is 4.52. The van der Waals surface area contributed by atoms with Crippen LogP contribution in [-0.2, 0) is 14.6 Å². The summed E-state index contributed by atoms with van der Waals surface area (Å²) in [7, 11) is -3.98. The average Bonchev–Trinajstić information content (AvgIpc) is 2.08. The fourth-order valence-corrected chi connectivity index (χ4v) is 3.15. The van der Waals surface area contributed by atoms with Crippen molar-refractivity contribution >= 4 is 51.6 Å². The van der Waals surface area contributed by atoms with E-state index in [1.807, 2.05) is 0 Å². The highest BCUT2D eigenvalue weighted by atomic mass is 35.5. The molecule has 0 aliphatic carbocycles. The second-order valence-electron chi connectivity index (χ2n) is 2.89. The summed E-state index contributed by atoms with van der Waals surface area (Å²) < 4.78 is 23.2. The summed E-state index contributed by atoms with van der Waals surface area (Å²) >= 11 is 15.3. The van der Waals surface area contributed by atoms with Gasteiger partial charge in [0.05, 0.1) is 14.9 Å². The Morgan fingerprint density at radius 2 is 1.88 bits per heavy atom. The highest BCUT2D eigenvalue weighted by Crippen LogP contribution is 2.31. The number of sulfone groups is 1. The quantitative estimate of drug-likeness (QED) is 0.839. The zero-order valence-corrected chi connectivity index (χ0v) is 10.9. The molecule has 88 valence electrons. The van der Waals surface area contributed by atoms with Crippen molar-refractivity contribution in [1.82, 2.24) is 0 Å². The minimum absolute atomic E-state index is 0.0942. The molecule has 4 nitrogen and oxygen atoms in total. The topological polar surface area (TPSA) is 71.4 Å². The van der Waals surface area contributed by atoms with Crippen LogP contribution in [0.5, 0.6) is 0 Å². The molecule has 1 rings (SSSR count). The molecule has 0 fully saturated rings. The summed E-state index contributed by atoms with van der Waals surface area (Å²) in [4.78, 5) is 10.4. The Morgan fingerprint density at radius 3 is 2.38 bits per heavy atom. The Morgan fingerprint density at radius 1 is 1.31 bits per heavy atom.